The number of carbonyl (C=O) groups is 1. The molecule has 0 saturated carbocycles. The number of likely N-dealkylation sites (N-methyl/N-ethyl adjacent to an activating group) is 1. The molecule has 0 saturated heterocycles. The SMILES string of the molecule is CN(C)CC(NC(=O)c1c[nH]c2ccc(Br)cc12)c1ccccc1. The Hall–Kier alpha value is -2.11. The molecule has 3 aromatic rings. The van der Waals surface area contributed by atoms with Gasteiger partial charge >= 0.3 is 0 Å². The van der Waals surface area contributed by atoms with E-state index < -0.39 is 0 Å². The van der Waals surface area contributed by atoms with Crippen LogP contribution in [0.15, 0.2) is 59.2 Å². The van der Waals surface area contributed by atoms with Crippen LogP contribution >= 0.6 is 15.9 Å². The number of rotatable bonds is 5. The van der Waals surface area contributed by atoms with Gasteiger partial charge in [0.15, 0.2) is 0 Å². The highest BCUT2D eigenvalue weighted by Crippen LogP contribution is 2.23. The number of nitrogens with one attached hydrogen (secondary N) is 2. The summed E-state index contributed by atoms with van der Waals surface area (Å²) in [7, 11) is 4.01. The van der Waals surface area contributed by atoms with Gasteiger partial charge in [0.2, 0.25) is 0 Å². The number of benzene rings is 2. The monoisotopic (exact) mass is 385 g/mol. The lowest BCUT2D eigenvalue weighted by Gasteiger charge is -2.22. The number of hydrogen-bond donors (Lipinski definition) is 2. The zero-order valence-corrected chi connectivity index (χ0v) is 15.3. The first-order valence-corrected chi connectivity index (χ1v) is 8.61. The number of carbonyl (C=O) groups excluding carboxylic acids is 1. The summed E-state index contributed by atoms with van der Waals surface area (Å²) in [5.41, 5.74) is 2.71. The van der Waals surface area contributed by atoms with Crippen LogP contribution in [0.5, 0.6) is 0 Å². The van der Waals surface area contributed by atoms with E-state index in [0.717, 1.165) is 27.5 Å². The molecule has 2 N–H and O–H groups in total. The fraction of sp³-hybridized carbons (Fsp3) is 0.211. The molecule has 0 fully saturated rings. The molecule has 1 amide bonds. The van der Waals surface area contributed by atoms with E-state index in [2.05, 4.69) is 31.1 Å². The van der Waals surface area contributed by atoms with Crippen molar-refractivity contribution in [2.45, 2.75) is 6.04 Å². The third kappa shape index (κ3) is 3.68. The average Bonchev–Trinajstić information content (AvgIpc) is 2.97. The maximum atomic E-state index is 12.8. The summed E-state index contributed by atoms with van der Waals surface area (Å²) < 4.78 is 0.955. The standard InChI is InChI=1S/C19H20BrN3O/c1-23(2)12-18(13-6-4-3-5-7-13)22-19(24)16-11-21-17-9-8-14(20)10-15(16)17/h3-11,18,21H,12H2,1-2H3,(H,22,24). The maximum absolute atomic E-state index is 12.8. The maximum Gasteiger partial charge on any atom is 0.253 e. The lowest BCUT2D eigenvalue weighted by molar-refractivity contribution is 0.0931. The second kappa shape index (κ2) is 7.20. The second-order valence-corrected chi connectivity index (χ2v) is 7.01. The number of fused-ring (bicyclic) bond motifs is 1. The van der Waals surface area contributed by atoms with E-state index in [-0.39, 0.29) is 11.9 Å². The molecule has 0 spiro atoms. The van der Waals surface area contributed by atoms with E-state index in [1.165, 1.54) is 0 Å². The lowest BCUT2D eigenvalue weighted by atomic mass is 10.1. The van der Waals surface area contributed by atoms with Crippen LogP contribution in [-0.2, 0) is 0 Å². The van der Waals surface area contributed by atoms with Crippen molar-refractivity contribution in [3.63, 3.8) is 0 Å². The average molecular weight is 386 g/mol. The highest BCUT2D eigenvalue weighted by atomic mass is 79.9. The van der Waals surface area contributed by atoms with Crippen LogP contribution < -0.4 is 5.32 Å². The minimum absolute atomic E-state index is 0.0641. The molecule has 24 heavy (non-hydrogen) atoms. The summed E-state index contributed by atoms with van der Waals surface area (Å²) >= 11 is 3.47. The molecule has 124 valence electrons. The van der Waals surface area contributed by atoms with Crippen LogP contribution in [0.25, 0.3) is 10.9 Å². The van der Waals surface area contributed by atoms with Crippen molar-refractivity contribution in [3.8, 4) is 0 Å². The topological polar surface area (TPSA) is 48.1 Å². The van der Waals surface area contributed by atoms with Gasteiger partial charge in [0.25, 0.3) is 5.91 Å². The highest BCUT2D eigenvalue weighted by Gasteiger charge is 2.19. The summed E-state index contributed by atoms with van der Waals surface area (Å²) in [5.74, 6) is -0.0740. The van der Waals surface area contributed by atoms with E-state index in [0.29, 0.717) is 5.56 Å². The Bertz CT molecular complexity index is 842. The molecule has 1 atom stereocenters. The van der Waals surface area contributed by atoms with E-state index in [9.17, 15) is 4.79 Å². The van der Waals surface area contributed by atoms with Crippen molar-refractivity contribution in [2.24, 2.45) is 0 Å². The molecular weight excluding hydrogens is 366 g/mol. The summed E-state index contributed by atoms with van der Waals surface area (Å²) in [6.45, 7) is 0.738. The Balaban J connectivity index is 1.88. The molecule has 1 aromatic heterocycles. The quantitative estimate of drug-likeness (QED) is 0.697. The smallest absolute Gasteiger partial charge is 0.253 e. The first-order chi connectivity index (χ1) is 11.5. The van der Waals surface area contributed by atoms with Crippen LogP contribution in [0, 0.1) is 0 Å². The summed E-state index contributed by atoms with van der Waals surface area (Å²) in [5, 5.41) is 4.08. The predicted octanol–water partition coefficient (Wildman–Crippen LogP) is 3.96. The van der Waals surface area contributed by atoms with Gasteiger partial charge in [-0.2, -0.15) is 0 Å². The zero-order valence-electron chi connectivity index (χ0n) is 13.7. The number of aromatic amines is 1. The third-order valence-electron chi connectivity index (χ3n) is 3.94. The predicted molar refractivity (Wildman–Crippen MR) is 101 cm³/mol. The van der Waals surface area contributed by atoms with Crippen molar-refractivity contribution >= 4 is 32.7 Å². The van der Waals surface area contributed by atoms with Crippen molar-refractivity contribution in [1.29, 1.82) is 0 Å². The normalized spacial score (nSPS) is 12.5. The summed E-state index contributed by atoms with van der Waals surface area (Å²) in [6, 6.07) is 15.9. The van der Waals surface area contributed by atoms with Gasteiger partial charge < -0.3 is 15.2 Å². The van der Waals surface area contributed by atoms with Crippen LogP contribution in [0.2, 0.25) is 0 Å². The van der Waals surface area contributed by atoms with Crippen LogP contribution in [0.4, 0.5) is 0 Å². The van der Waals surface area contributed by atoms with Crippen molar-refractivity contribution < 1.29 is 4.79 Å². The van der Waals surface area contributed by atoms with Gasteiger partial charge in [-0.25, -0.2) is 0 Å². The highest BCUT2D eigenvalue weighted by molar-refractivity contribution is 9.10. The van der Waals surface area contributed by atoms with Gasteiger partial charge in [-0.1, -0.05) is 46.3 Å². The summed E-state index contributed by atoms with van der Waals surface area (Å²) in [4.78, 5) is 18.1. The first kappa shape index (κ1) is 16.7. The van der Waals surface area contributed by atoms with Gasteiger partial charge in [-0.05, 0) is 37.9 Å². The number of hydrogen-bond acceptors (Lipinski definition) is 2. The van der Waals surface area contributed by atoms with E-state index in [1.807, 2.05) is 62.6 Å². The van der Waals surface area contributed by atoms with Crippen LogP contribution in [-0.4, -0.2) is 36.4 Å². The number of H-pyrrole nitrogens is 1. The molecule has 0 aliphatic heterocycles. The van der Waals surface area contributed by atoms with Gasteiger partial charge in [-0.15, -0.1) is 0 Å². The molecule has 0 radical (unpaired) electrons. The molecular formula is C19H20BrN3O. The van der Waals surface area contributed by atoms with E-state index in [4.69, 9.17) is 0 Å². The van der Waals surface area contributed by atoms with Crippen molar-refractivity contribution in [3.05, 3.63) is 70.3 Å². The molecule has 2 aromatic carbocycles. The molecule has 0 bridgehead atoms. The Labute approximate surface area is 150 Å². The van der Waals surface area contributed by atoms with Gasteiger partial charge in [0, 0.05) is 28.1 Å². The number of amides is 1. The Kier molecular flexibility index (Phi) is 5.02. The largest absolute Gasteiger partial charge is 0.360 e. The van der Waals surface area contributed by atoms with Crippen LogP contribution in [0.1, 0.15) is 22.0 Å². The minimum Gasteiger partial charge on any atom is -0.360 e. The minimum atomic E-state index is -0.0740. The Morgan fingerprint density at radius 2 is 1.96 bits per heavy atom. The van der Waals surface area contributed by atoms with Crippen molar-refractivity contribution in [2.75, 3.05) is 20.6 Å². The van der Waals surface area contributed by atoms with Gasteiger partial charge in [0.1, 0.15) is 0 Å². The molecule has 1 unspecified atom stereocenters. The fourth-order valence-corrected chi connectivity index (χ4v) is 3.16. The Morgan fingerprint density at radius 1 is 1.21 bits per heavy atom. The molecule has 0 aliphatic carbocycles. The fourth-order valence-electron chi connectivity index (χ4n) is 2.80. The molecule has 1 heterocycles. The Morgan fingerprint density at radius 3 is 2.67 bits per heavy atom. The van der Waals surface area contributed by atoms with E-state index >= 15 is 0 Å². The molecule has 0 aliphatic rings. The van der Waals surface area contributed by atoms with Gasteiger partial charge in [0.05, 0.1) is 11.6 Å². The van der Waals surface area contributed by atoms with Gasteiger partial charge in [-0.3, -0.25) is 4.79 Å². The second-order valence-electron chi connectivity index (χ2n) is 6.09. The number of nitrogens with zero attached hydrogens (tertiary/aromatic N) is 1. The zero-order chi connectivity index (χ0) is 17.1. The molecule has 5 heteroatoms. The number of halogens is 1. The molecule has 3 rings (SSSR count). The first-order valence-electron chi connectivity index (χ1n) is 7.82. The third-order valence-corrected chi connectivity index (χ3v) is 4.44. The molecule has 4 nitrogen and oxygen atoms in total. The lowest BCUT2D eigenvalue weighted by Crippen LogP contribution is -2.35. The summed E-state index contributed by atoms with van der Waals surface area (Å²) in [6.07, 6.45) is 1.77. The number of aromatic nitrogens is 1. The van der Waals surface area contributed by atoms with Crippen molar-refractivity contribution in [1.82, 2.24) is 15.2 Å². The van der Waals surface area contributed by atoms with E-state index in [1.54, 1.807) is 6.20 Å². The van der Waals surface area contributed by atoms with Crippen LogP contribution in [0.3, 0.4) is 0 Å².